The van der Waals surface area contributed by atoms with Gasteiger partial charge >= 0.3 is 11.9 Å². The van der Waals surface area contributed by atoms with Crippen LogP contribution in [0, 0.1) is 0 Å². The van der Waals surface area contributed by atoms with Gasteiger partial charge in [-0.15, -0.1) is 0 Å². The van der Waals surface area contributed by atoms with Gasteiger partial charge in [-0.25, -0.2) is 4.79 Å². The summed E-state index contributed by atoms with van der Waals surface area (Å²) in [6.45, 7) is 5.15. The van der Waals surface area contributed by atoms with Crippen LogP contribution < -0.4 is 0 Å². The van der Waals surface area contributed by atoms with Crippen molar-refractivity contribution in [2.24, 2.45) is 0 Å². The Bertz CT molecular complexity index is 285. The molecule has 0 saturated carbocycles. The van der Waals surface area contributed by atoms with E-state index in [9.17, 15) is 9.59 Å². The zero-order valence-corrected chi connectivity index (χ0v) is 10.3. The molecule has 0 saturated heterocycles. The van der Waals surface area contributed by atoms with Crippen molar-refractivity contribution in [3.05, 3.63) is 11.6 Å². The molecule has 0 amide bonds. The molecule has 0 aromatic heterocycles. The van der Waals surface area contributed by atoms with Crippen molar-refractivity contribution in [3.8, 4) is 0 Å². The number of carbonyl (C=O) groups is 2. The van der Waals surface area contributed by atoms with Crippen molar-refractivity contribution >= 4 is 11.9 Å². The number of esters is 2. The van der Waals surface area contributed by atoms with Gasteiger partial charge in [0.2, 0.25) is 0 Å². The van der Waals surface area contributed by atoms with Crippen LogP contribution in [0.25, 0.3) is 0 Å². The smallest absolute Gasteiger partial charge is 0.378 e. The van der Waals surface area contributed by atoms with E-state index in [0.29, 0.717) is 0 Å². The molecule has 92 valence electrons. The van der Waals surface area contributed by atoms with Crippen LogP contribution in [-0.2, 0) is 23.8 Å². The quantitative estimate of drug-likeness (QED) is 0.309. The summed E-state index contributed by atoms with van der Waals surface area (Å²) in [5.74, 6) is -3.14. The number of rotatable bonds is 5. The molecule has 0 unspecified atom stereocenters. The highest BCUT2D eigenvalue weighted by Gasteiger charge is 2.39. The number of ether oxygens (including phenoxy) is 3. The van der Waals surface area contributed by atoms with E-state index in [0.717, 1.165) is 5.57 Å². The van der Waals surface area contributed by atoms with Crippen LogP contribution in [0.4, 0.5) is 0 Å². The molecule has 0 aromatic carbocycles. The van der Waals surface area contributed by atoms with Crippen LogP contribution in [0.2, 0.25) is 0 Å². The molecule has 0 bridgehead atoms. The van der Waals surface area contributed by atoms with E-state index < -0.39 is 17.7 Å². The van der Waals surface area contributed by atoms with Gasteiger partial charge in [0, 0.05) is 20.6 Å². The molecule has 5 nitrogen and oxygen atoms in total. The third-order valence-corrected chi connectivity index (χ3v) is 1.86. The Hall–Kier alpha value is -1.20. The molecule has 0 aromatic rings. The zero-order chi connectivity index (χ0) is 12.8. The molecule has 0 fully saturated rings. The predicted molar refractivity (Wildman–Crippen MR) is 57.6 cm³/mol. The minimum atomic E-state index is -1.65. The minimum absolute atomic E-state index is 0.115. The van der Waals surface area contributed by atoms with Gasteiger partial charge in [-0.1, -0.05) is 12.5 Å². The van der Waals surface area contributed by atoms with Crippen LogP contribution in [0.5, 0.6) is 0 Å². The fourth-order valence-corrected chi connectivity index (χ4v) is 1.05. The number of allylic oxidation sites excluding steroid dienone is 1. The maximum atomic E-state index is 11.7. The molecular weight excluding hydrogens is 212 g/mol. The first kappa shape index (κ1) is 14.8. The Morgan fingerprint density at radius 2 is 1.69 bits per heavy atom. The standard InChI is InChI=1S/C11H18O5/c1-6-9(12)16-10(13)11(14-4,15-5)7-8(2)3/h7H,6H2,1-5H3. The molecule has 0 atom stereocenters. The van der Waals surface area contributed by atoms with Crippen molar-refractivity contribution in [3.63, 3.8) is 0 Å². The van der Waals surface area contributed by atoms with Gasteiger partial charge in [0.05, 0.1) is 0 Å². The van der Waals surface area contributed by atoms with Gasteiger partial charge < -0.3 is 14.2 Å². The van der Waals surface area contributed by atoms with E-state index in [4.69, 9.17) is 9.47 Å². The molecular formula is C11H18O5. The highest BCUT2D eigenvalue weighted by molar-refractivity contribution is 5.90. The normalized spacial score (nSPS) is 10.8. The summed E-state index contributed by atoms with van der Waals surface area (Å²) < 4.78 is 14.5. The fourth-order valence-electron chi connectivity index (χ4n) is 1.05. The van der Waals surface area contributed by atoms with Crippen LogP contribution in [0.15, 0.2) is 11.6 Å². The SMILES string of the molecule is CCC(=O)OC(=O)C(C=C(C)C)(OC)OC. The summed E-state index contributed by atoms with van der Waals surface area (Å²) >= 11 is 0. The molecule has 5 heteroatoms. The molecule has 0 aliphatic carbocycles. The topological polar surface area (TPSA) is 61.8 Å². The summed E-state index contributed by atoms with van der Waals surface area (Å²) in [4.78, 5) is 22.7. The first-order valence-electron chi connectivity index (χ1n) is 4.93. The summed E-state index contributed by atoms with van der Waals surface area (Å²) in [7, 11) is 2.61. The fraction of sp³-hybridized carbons (Fsp3) is 0.636. The molecule has 0 heterocycles. The minimum Gasteiger partial charge on any atom is -0.389 e. The summed E-state index contributed by atoms with van der Waals surface area (Å²) in [5.41, 5.74) is 0.810. The van der Waals surface area contributed by atoms with Crippen LogP contribution in [-0.4, -0.2) is 31.9 Å². The first-order chi connectivity index (χ1) is 7.41. The third kappa shape index (κ3) is 3.75. The van der Waals surface area contributed by atoms with Crippen molar-refractivity contribution in [1.82, 2.24) is 0 Å². The van der Waals surface area contributed by atoms with E-state index in [1.807, 2.05) is 0 Å². The lowest BCUT2D eigenvalue weighted by molar-refractivity contribution is -0.211. The highest BCUT2D eigenvalue weighted by atomic mass is 16.7. The van der Waals surface area contributed by atoms with Crippen molar-refractivity contribution < 1.29 is 23.8 Å². The van der Waals surface area contributed by atoms with E-state index >= 15 is 0 Å². The number of hydrogen-bond donors (Lipinski definition) is 0. The van der Waals surface area contributed by atoms with Crippen molar-refractivity contribution in [1.29, 1.82) is 0 Å². The largest absolute Gasteiger partial charge is 0.389 e. The third-order valence-electron chi connectivity index (χ3n) is 1.86. The van der Waals surface area contributed by atoms with Crippen molar-refractivity contribution in [2.75, 3.05) is 14.2 Å². The molecule has 16 heavy (non-hydrogen) atoms. The first-order valence-corrected chi connectivity index (χ1v) is 4.93. The van der Waals surface area contributed by atoms with Crippen LogP contribution >= 0.6 is 0 Å². The second kappa shape index (κ2) is 6.40. The average Bonchev–Trinajstić information content (AvgIpc) is 2.25. The Morgan fingerprint density at radius 1 is 1.19 bits per heavy atom. The lowest BCUT2D eigenvalue weighted by Gasteiger charge is -2.24. The van der Waals surface area contributed by atoms with E-state index in [1.54, 1.807) is 20.8 Å². The average molecular weight is 230 g/mol. The monoisotopic (exact) mass is 230 g/mol. The molecule has 0 aliphatic heterocycles. The zero-order valence-electron chi connectivity index (χ0n) is 10.3. The lowest BCUT2D eigenvalue weighted by atomic mass is 10.2. The Labute approximate surface area is 95.4 Å². The number of hydrogen-bond acceptors (Lipinski definition) is 5. The van der Waals surface area contributed by atoms with Gasteiger partial charge in [0.15, 0.2) is 0 Å². The Balaban J connectivity index is 4.97. The highest BCUT2D eigenvalue weighted by Crippen LogP contribution is 2.18. The molecule has 0 aliphatic rings. The second-order valence-electron chi connectivity index (χ2n) is 3.41. The summed E-state index contributed by atoms with van der Waals surface area (Å²) in [6.07, 6.45) is 1.57. The summed E-state index contributed by atoms with van der Waals surface area (Å²) in [6, 6.07) is 0. The van der Waals surface area contributed by atoms with Crippen LogP contribution in [0.3, 0.4) is 0 Å². The van der Waals surface area contributed by atoms with Gasteiger partial charge in [0.25, 0.3) is 5.79 Å². The molecule has 0 radical (unpaired) electrons. The predicted octanol–water partition coefficient (Wildman–Crippen LogP) is 1.42. The van der Waals surface area contributed by atoms with E-state index in [1.165, 1.54) is 20.3 Å². The summed E-state index contributed by atoms with van der Waals surface area (Å²) in [5, 5.41) is 0. The van der Waals surface area contributed by atoms with E-state index in [-0.39, 0.29) is 6.42 Å². The van der Waals surface area contributed by atoms with Gasteiger partial charge in [0.1, 0.15) is 0 Å². The van der Waals surface area contributed by atoms with E-state index in [2.05, 4.69) is 4.74 Å². The van der Waals surface area contributed by atoms with Crippen LogP contribution in [0.1, 0.15) is 27.2 Å². The number of carbonyl (C=O) groups excluding carboxylic acids is 2. The Morgan fingerprint density at radius 3 is 2.00 bits per heavy atom. The second-order valence-corrected chi connectivity index (χ2v) is 3.41. The lowest BCUT2D eigenvalue weighted by Crippen LogP contribution is -2.43. The molecule has 0 N–H and O–H groups in total. The van der Waals surface area contributed by atoms with Gasteiger partial charge in [-0.05, 0) is 19.9 Å². The van der Waals surface area contributed by atoms with Gasteiger partial charge in [-0.3, -0.25) is 4.79 Å². The Kier molecular flexibility index (Phi) is 5.92. The molecule has 0 rings (SSSR count). The molecule has 0 spiro atoms. The van der Waals surface area contributed by atoms with Crippen molar-refractivity contribution in [2.45, 2.75) is 33.0 Å². The maximum Gasteiger partial charge on any atom is 0.378 e. The maximum absolute atomic E-state index is 11.7. The van der Waals surface area contributed by atoms with Gasteiger partial charge in [-0.2, -0.15) is 0 Å². The number of methoxy groups -OCH3 is 2.